The van der Waals surface area contributed by atoms with E-state index in [1.807, 2.05) is 24.4 Å². The van der Waals surface area contributed by atoms with E-state index in [2.05, 4.69) is 5.10 Å². The molecule has 0 spiro atoms. The first-order chi connectivity index (χ1) is 15.5. The van der Waals surface area contributed by atoms with Crippen LogP contribution in [0.2, 0.25) is 0 Å². The number of sulfonamides is 1. The smallest absolute Gasteiger partial charge is 0.253 e. The van der Waals surface area contributed by atoms with E-state index >= 15 is 0 Å². The van der Waals surface area contributed by atoms with Crippen molar-refractivity contribution in [3.8, 4) is 17.2 Å². The Morgan fingerprint density at radius 3 is 2.31 bits per heavy atom. The molecule has 0 radical (unpaired) electrons. The highest BCUT2D eigenvalue weighted by atomic mass is 32.2. The molecule has 166 valence electrons. The fourth-order valence-corrected chi connectivity index (χ4v) is 5.26. The van der Waals surface area contributed by atoms with Gasteiger partial charge in [-0.05, 0) is 42.5 Å². The molecular formula is C22H22N4O5S. The van der Waals surface area contributed by atoms with E-state index in [9.17, 15) is 13.2 Å². The zero-order valence-electron chi connectivity index (χ0n) is 17.3. The van der Waals surface area contributed by atoms with Crippen LogP contribution in [-0.4, -0.2) is 72.7 Å². The van der Waals surface area contributed by atoms with Gasteiger partial charge < -0.3 is 14.4 Å². The summed E-state index contributed by atoms with van der Waals surface area (Å²) in [6.07, 6.45) is 3.52. The lowest BCUT2D eigenvalue weighted by atomic mass is 10.1. The number of benzene rings is 2. The first-order valence-electron chi connectivity index (χ1n) is 10.3. The highest BCUT2D eigenvalue weighted by molar-refractivity contribution is 7.89. The predicted molar refractivity (Wildman–Crippen MR) is 116 cm³/mol. The van der Waals surface area contributed by atoms with Crippen LogP contribution >= 0.6 is 0 Å². The minimum absolute atomic E-state index is 0.117. The normalized spacial score (nSPS) is 16.7. The van der Waals surface area contributed by atoms with E-state index in [0.29, 0.717) is 43.4 Å². The molecule has 2 aliphatic heterocycles. The Morgan fingerprint density at radius 2 is 1.62 bits per heavy atom. The molecule has 0 aliphatic carbocycles. The Morgan fingerprint density at radius 1 is 0.906 bits per heavy atom. The number of hydrogen-bond donors (Lipinski definition) is 0. The largest absolute Gasteiger partial charge is 0.486 e. The SMILES string of the molecule is O=C(c1ccc(-n2cccn2)cc1)N1CCN(S(=O)(=O)c2ccc3c(c2)OCCO3)CC1. The predicted octanol–water partition coefficient (Wildman–Crippen LogP) is 1.79. The molecule has 2 aromatic carbocycles. The lowest BCUT2D eigenvalue weighted by Crippen LogP contribution is -2.50. The maximum Gasteiger partial charge on any atom is 0.253 e. The number of ether oxygens (including phenoxy) is 2. The lowest BCUT2D eigenvalue weighted by Gasteiger charge is -2.34. The molecule has 32 heavy (non-hydrogen) atoms. The number of aromatic nitrogens is 2. The molecule has 1 fully saturated rings. The summed E-state index contributed by atoms with van der Waals surface area (Å²) in [5.41, 5.74) is 1.42. The third-order valence-corrected chi connectivity index (χ3v) is 7.46. The summed E-state index contributed by atoms with van der Waals surface area (Å²) in [5, 5.41) is 4.17. The molecule has 0 saturated carbocycles. The molecule has 1 amide bonds. The highest BCUT2D eigenvalue weighted by Gasteiger charge is 2.31. The summed E-state index contributed by atoms with van der Waals surface area (Å²) in [7, 11) is -3.69. The fourth-order valence-electron chi connectivity index (χ4n) is 3.83. The Labute approximate surface area is 185 Å². The van der Waals surface area contributed by atoms with Gasteiger partial charge in [0, 0.05) is 50.2 Å². The van der Waals surface area contributed by atoms with E-state index in [-0.39, 0.29) is 23.9 Å². The summed E-state index contributed by atoms with van der Waals surface area (Å²) in [6.45, 7) is 1.94. The molecule has 0 atom stereocenters. The van der Waals surface area contributed by atoms with E-state index in [1.165, 1.54) is 16.4 Å². The van der Waals surface area contributed by atoms with Crippen molar-refractivity contribution in [1.29, 1.82) is 0 Å². The molecular weight excluding hydrogens is 432 g/mol. The van der Waals surface area contributed by atoms with E-state index in [4.69, 9.17) is 9.47 Å². The number of carbonyl (C=O) groups excluding carboxylic acids is 1. The Kier molecular flexibility index (Phi) is 5.32. The Hall–Kier alpha value is -3.37. The maximum atomic E-state index is 13.1. The minimum atomic E-state index is -3.69. The molecule has 3 heterocycles. The van der Waals surface area contributed by atoms with Gasteiger partial charge >= 0.3 is 0 Å². The summed E-state index contributed by atoms with van der Waals surface area (Å²) < 4.78 is 40.3. The molecule has 9 nitrogen and oxygen atoms in total. The summed E-state index contributed by atoms with van der Waals surface area (Å²) in [6, 6.07) is 13.7. The molecule has 1 aromatic heterocycles. The summed E-state index contributed by atoms with van der Waals surface area (Å²) in [5.74, 6) is 0.863. The first-order valence-corrected chi connectivity index (χ1v) is 11.8. The van der Waals surface area contributed by atoms with E-state index in [0.717, 1.165) is 5.69 Å². The Balaban J connectivity index is 1.25. The van der Waals surface area contributed by atoms with Crippen LogP contribution in [-0.2, 0) is 10.0 Å². The van der Waals surface area contributed by atoms with Gasteiger partial charge in [-0.25, -0.2) is 13.1 Å². The zero-order valence-corrected chi connectivity index (χ0v) is 18.1. The molecule has 0 N–H and O–H groups in total. The fraction of sp³-hybridized carbons (Fsp3) is 0.273. The molecule has 0 unspecified atom stereocenters. The van der Waals surface area contributed by atoms with Gasteiger partial charge in [-0.1, -0.05) is 0 Å². The number of nitrogens with zero attached hydrogens (tertiary/aromatic N) is 4. The minimum Gasteiger partial charge on any atom is -0.486 e. The molecule has 10 heteroatoms. The van der Waals surface area contributed by atoms with Crippen LogP contribution in [0.3, 0.4) is 0 Å². The number of piperazine rings is 1. The van der Waals surface area contributed by atoms with Crippen LogP contribution < -0.4 is 9.47 Å². The average molecular weight is 455 g/mol. The topological polar surface area (TPSA) is 94.0 Å². The van der Waals surface area contributed by atoms with Crippen LogP contribution in [0.4, 0.5) is 0 Å². The number of hydrogen-bond acceptors (Lipinski definition) is 6. The summed E-state index contributed by atoms with van der Waals surface area (Å²) >= 11 is 0. The second-order valence-corrected chi connectivity index (χ2v) is 9.44. The zero-order chi connectivity index (χ0) is 22.1. The standard InChI is InChI=1S/C22H22N4O5S/c27-22(17-2-4-18(5-3-17)26-9-1-8-23-26)24-10-12-25(13-11-24)32(28,29)19-6-7-20-21(16-19)31-15-14-30-20/h1-9,16H,10-15H2. The van der Waals surface area contributed by atoms with Crippen molar-refractivity contribution in [2.75, 3.05) is 39.4 Å². The summed E-state index contributed by atoms with van der Waals surface area (Å²) in [4.78, 5) is 14.7. The van der Waals surface area contributed by atoms with Crippen molar-refractivity contribution in [3.05, 3.63) is 66.5 Å². The van der Waals surface area contributed by atoms with Gasteiger partial charge in [0.15, 0.2) is 11.5 Å². The molecule has 2 aliphatic rings. The van der Waals surface area contributed by atoms with Gasteiger partial charge in [-0.15, -0.1) is 0 Å². The molecule has 0 bridgehead atoms. The molecule has 5 rings (SSSR count). The van der Waals surface area contributed by atoms with Gasteiger partial charge in [0.25, 0.3) is 5.91 Å². The van der Waals surface area contributed by atoms with Crippen LogP contribution in [0.1, 0.15) is 10.4 Å². The van der Waals surface area contributed by atoms with Gasteiger partial charge in [0.1, 0.15) is 13.2 Å². The van der Waals surface area contributed by atoms with E-state index in [1.54, 1.807) is 34.0 Å². The Bertz CT molecular complexity index is 1220. The van der Waals surface area contributed by atoms with Crippen LogP contribution in [0.25, 0.3) is 5.69 Å². The van der Waals surface area contributed by atoms with Gasteiger partial charge in [-0.3, -0.25) is 4.79 Å². The monoisotopic (exact) mass is 454 g/mol. The van der Waals surface area contributed by atoms with Crippen molar-refractivity contribution >= 4 is 15.9 Å². The van der Waals surface area contributed by atoms with E-state index < -0.39 is 10.0 Å². The van der Waals surface area contributed by atoms with Gasteiger partial charge in [0.2, 0.25) is 10.0 Å². The van der Waals surface area contributed by atoms with Crippen molar-refractivity contribution < 1.29 is 22.7 Å². The number of amides is 1. The van der Waals surface area contributed by atoms with Crippen molar-refractivity contribution in [1.82, 2.24) is 19.0 Å². The second kappa shape index (κ2) is 8.29. The number of fused-ring (bicyclic) bond motifs is 1. The molecule has 1 saturated heterocycles. The average Bonchev–Trinajstić information content (AvgIpc) is 3.38. The van der Waals surface area contributed by atoms with Gasteiger partial charge in [-0.2, -0.15) is 9.40 Å². The van der Waals surface area contributed by atoms with Crippen molar-refractivity contribution in [2.24, 2.45) is 0 Å². The number of rotatable bonds is 4. The quantitative estimate of drug-likeness (QED) is 0.597. The number of carbonyl (C=O) groups is 1. The first kappa shape index (κ1) is 20.5. The highest BCUT2D eigenvalue weighted by Crippen LogP contribution is 2.33. The van der Waals surface area contributed by atoms with Crippen molar-refractivity contribution in [3.63, 3.8) is 0 Å². The molecule has 3 aromatic rings. The van der Waals surface area contributed by atoms with Crippen LogP contribution in [0.15, 0.2) is 65.8 Å². The van der Waals surface area contributed by atoms with Gasteiger partial charge in [0.05, 0.1) is 10.6 Å². The second-order valence-electron chi connectivity index (χ2n) is 7.50. The van der Waals surface area contributed by atoms with Crippen molar-refractivity contribution in [2.45, 2.75) is 4.90 Å². The van der Waals surface area contributed by atoms with Crippen LogP contribution in [0.5, 0.6) is 11.5 Å². The van der Waals surface area contributed by atoms with Crippen LogP contribution in [0, 0.1) is 0 Å². The lowest BCUT2D eigenvalue weighted by molar-refractivity contribution is 0.0698. The third-order valence-electron chi connectivity index (χ3n) is 5.56. The third kappa shape index (κ3) is 3.82. The maximum absolute atomic E-state index is 13.1.